The number of carbonyl (C=O) groups is 1. The third-order valence-corrected chi connectivity index (χ3v) is 7.47. The van der Waals surface area contributed by atoms with E-state index in [9.17, 15) is 15.0 Å². The number of phenols is 2. The Morgan fingerprint density at radius 2 is 2.14 bits per heavy atom. The van der Waals surface area contributed by atoms with E-state index in [1.807, 2.05) is 6.07 Å². The number of fused-ring (bicyclic) bond motifs is 1. The zero-order valence-electron chi connectivity index (χ0n) is 12.6. The minimum Gasteiger partial charge on any atom is -0.504 e. The summed E-state index contributed by atoms with van der Waals surface area (Å²) in [6.07, 6.45) is 3.17. The summed E-state index contributed by atoms with van der Waals surface area (Å²) < 4.78 is 0. The lowest BCUT2D eigenvalue weighted by Gasteiger charge is -2.59. The highest BCUT2D eigenvalue weighted by molar-refractivity contribution is 9.10. The Bertz CT molecular complexity index is 662. The SMILES string of the molecule is CN1CCC23c4c(ccc(O)c4O)CC1C2CCC(=O)C3Br. The first kappa shape index (κ1) is 14.5. The predicted molar refractivity (Wildman–Crippen MR) is 86.6 cm³/mol. The molecular formula is C17H20BrNO3. The zero-order chi connectivity index (χ0) is 15.6. The van der Waals surface area contributed by atoms with E-state index >= 15 is 0 Å². The van der Waals surface area contributed by atoms with Gasteiger partial charge in [-0.25, -0.2) is 0 Å². The zero-order valence-corrected chi connectivity index (χ0v) is 14.1. The van der Waals surface area contributed by atoms with Crippen molar-refractivity contribution >= 4 is 21.7 Å². The molecule has 2 N–H and O–H groups in total. The number of piperidine rings is 1. The van der Waals surface area contributed by atoms with Crippen molar-refractivity contribution in [3.63, 3.8) is 0 Å². The number of rotatable bonds is 0. The fourth-order valence-corrected chi connectivity index (χ4v) is 6.14. The highest BCUT2D eigenvalue weighted by atomic mass is 79.9. The molecular weight excluding hydrogens is 346 g/mol. The number of halogens is 1. The molecule has 1 aromatic rings. The molecule has 2 bridgehead atoms. The molecule has 3 aliphatic rings. The van der Waals surface area contributed by atoms with Crippen molar-refractivity contribution in [1.82, 2.24) is 4.90 Å². The fraction of sp³-hybridized carbons (Fsp3) is 0.588. The lowest BCUT2D eigenvalue weighted by molar-refractivity contribution is -0.125. The second-order valence-electron chi connectivity index (χ2n) is 6.98. The van der Waals surface area contributed by atoms with Crippen molar-refractivity contribution in [3.05, 3.63) is 23.3 Å². The van der Waals surface area contributed by atoms with Gasteiger partial charge in [0.15, 0.2) is 11.5 Å². The minimum absolute atomic E-state index is 0.0235. The third kappa shape index (κ3) is 1.64. The molecule has 0 amide bonds. The van der Waals surface area contributed by atoms with Crippen LogP contribution in [0.25, 0.3) is 0 Å². The Hall–Kier alpha value is -1.07. The summed E-state index contributed by atoms with van der Waals surface area (Å²) in [6, 6.07) is 3.88. The summed E-state index contributed by atoms with van der Waals surface area (Å²) in [5, 5.41) is 20.6. The quantitative estimate of drug-likeness (QED) is 0.547. The number of likely N-dealkylation sites (tertiary alicyclic amines) is 1. The van der Waals surface area contributed by atoms with Gasteiger partial charge in [-0.2, -0.15) is 0 Å². The van der Waals surface area contributed by atoms with Crippen LogP contribution in [0.5, 0.6) is 11.5 Å². The summed E-state index contributed by atoms with van der Waals surface area (Å²) in [5.74, 6) is 0.454. The molecule has 4 unspecified atom stereocenters. The minimum atomic E-state index is -0.386. The summed E-state index contributed by atoms with van der Waals surface area (Å²) >= 11 is 3.66. The van der Waals surface area contributed by atoms with Gasteiger partial charge in [-0.3, -0.25) is 4.79 Å². The standard InChI is InChI=1S/C17H20BrNO3/c1-19-7-6-17-10(3-5-13(21)16(17)18)11(19)8-9-2-4-12(20)15(22)14(9)17/h2,4,10-11,16,20,22H,3,5-8H2,1H3. The van der Waals surface area contributed by atoms with Gasteiger partial charge < -0.3 is 15.1 Å². The number of nitrogens with zero attached hydrogens (tertiary/aromatic N) is 1. The highest BCUT2D eigenvalue weighted by Crippen LogP contribution is 2.59. The van der Waals surface area contributed by atoms with Crippen LogP contribution in [0.15, 0.2) is 12.1 Å². The van der Waals surface area contributed by atoms with Crippen molar-refractivity contribution in [1.29, 1.82) is 0 Å². The van der Waals surface area contributed by atoms with Crippen molar-refractivity contribution in [2.75, 3.05) is 13.6 Å². The molecule has 2 aliphatic carbocycles. The number of benzene rings is 1. The van der Waals surface area contributed by atoms with Crippen LogP contribution in [0, 0.1) is 5.92 Å². The van der Waals surface area contributed by atoms with Crippen LogP contribution >= 0.6 is 15.9 Å². The number of hydrogen-bond acceptors (Lipinski definition) is 4. The van der Waals surface area contributed by atoms with Gasteiger partial charge in [0.2, 0.25) is 0 Å². The van der Waals surface area contributed by atoms with E-state index in [0.717, 1.165) is 36.9 Å². The molecule has 1 aliphatic heterocycles. The van der Waals surface area contributed by atoms with Crippen LogP contribution in [0.2, 0.25) is 0 Å². The molecule has 4 atom stereocenters. The molecule has 4 rings (SSSR count). The smallest absolute Gasteiger partial charge is 0.161 e. The maximum absolute atomic E-state index is 12.4. The number of carbonyl (C=O) groups excluding carboxylic acids is 1. The van der Waals surface area contributed by atoms with E-state index in [4.69, 9.17) is 0 Å². The van der Waals surface area contributed by atoms with Crippen molar-refractivity contribution < 1.29 is 15.0 Å². The molecule has 0 radical (unpaired) electrons. The van der Waals surface area contributed by atoms with Gasteiger partial charge in [0.05, 0.1) is 4.83 Å². The lowest BCUT2D eigenvalue weighted by Crippen LogP contribution is -2.65. The second kappa shape index (κ2) is 4.71. The second-order valence-corrected chi connectivity index (χ2v) is 7.90. The van der Waals surface area contributed by atoms with Crippen LogP contribution < -0.4 is 0 Å². The number of alkyl halides is 1. The molecule has 1 heterocycles. The molecule has 0 spiro atoms. The van der Waals surface area contributed by atoms with Gasteiger partial charge in [0.1, 0.15) is 5.78 Å². The number of hydrogen-bond donors (Lipinski definition) is 2. The summed E-state index contributed by atoms with van der Waals surface area (Å²) in [5.41, 5.74) is 1.50. The fourth-order valence-electron chi connectivity index (χ4n) is 5.11. The third-order valence-electron chi connectivity index (χ3n) is 6.14. The lowest BCUT2D eigenvalue weighted by atomic mass is 9.52. The normalized spacial score (nSPS) is 37.5. The molecule has 0 aromatic heterocycles. The first-order valence-corrected chi connectivity index (χ1v) is 8.79. The molecule has 1 aromatic carbocycles. The van der Waals surface area contributed by atoms with Gasteiger partial charge in [-0.1, -0.05) is 22.0 Å². The number of phenolic OH excluding ortho intramolecular Hbond substituents is 2. The van der Waals surface area contributed by atoms with Crippen molar-refractivity contribution in [3.8, 4) is 11.5 Å². The monoisotopic (exact) mass is 365 g/mol. The average molecular weight is 366 g/mol. The molecule has 1 saturated carbocycles. The van der Waals surface area contributed by atoms with Crippen LogP contribution in [0.3, 0.4) is 0 Å². The molecule has 22 heavy (non-hydrogen) atoms. The number of aromatic hydroxyl groups is 2. The Morgan fingerprint density at radius 3 is 2.91 bits per heavy atom. The van der Waals surface area contributed by atoms with Crippen LogP contribution in [0.1, 0.15) is 30.4 Å². The van der Waals surface area contributed by atoms with Gasteiger partial charge in [-0.05, 0) is 50.4 Å². The molecule has 118 valence electrons. The van der Waals surface area contributed by atoms with Crippen LogP contribution in [0.4, 0.5) is 0 Å². The molecule has 5 heteroatoms. The maximum Gasteiger partial charge on any atom is 0.161 e. The van der Waals surface area contributed by atoms with Crippen LogP contribution in [-0.4, -0.2) is 45.4 Å². The topological polar surface area (TPSA) is 60.8 Å². The number of likely N-dealkylation sites (N-methyl/N-ethyl adjacent to an activating group) is 1. The van der Waals surface area contributed by atoms with E-state index in [2.05, 4.69) is 27.9 Å². The Morgan fingerprint density at radius 1 is 1.36 bits per heavy atom. The molecule has 2 fully saturated rings. The van der Waals surface area contributed by atoms with Crippen molar-refractivity contribution in [2.45, 2.75) is 42.0 Å². The Labute approximate surface area is 138 Å². The molecule has 1 saturated heterocycles. The maximum atomic E-state index is 12.4. The van der Waals surface area contributed by atoms with Gasteiger partial charge in [-0.15, -0.1) is 0 Å². The summed E-state index contributed by atoms with van der Waals surface area (Å²) in [6.45, 7) is 0.908. The van der Waals surface area contributed by atoms with E-state index < -0.39 is 0 Å². The van der Waals surface area contributed by atoms with E-state index in [1.54, 1.807) is 6.07 Å². The van der Waals surface area contributed by atoms with Crippen molar-refractivity contribution in [2.24, 2.45) is 5.92 Å². The molecule has 4 nitrogen and oxygen atoms in total. The van der Waals surface area contributed by atoms with Gasteiger partial charge in [0, 0.05) is 23.4 Å². The number of Topliss-reactive ketones (excluding diaryl/α,β-unsaturated/α-hetero) is 1. The Balaban J connectivity index is 2.01. The predicted octanol–water partition coefficient (Wildman–Crippen LogP) is 2.34. The highest BCUT2D eigenvalue weighted by Gasteiger charge is 2.60. The van der Waals surface area contributed by atoms with E-state index in [1.165, 1.54) is 0 Å². The average Bonchev–Trinajstić information content (AvgIpc) is 2.50. The number of ketones is 1. The van der Waals surface area contributed by atoms with Gasteiger partial charge in [0.25, 0.3) is 0 Å². The van der Waals surface area contributed by atoms with E-state index in [-0.39, 0.29) is 27.5 Å². The van der Waals surface area contributed by atoms with Crippen LogP contribution in [-0.2, 0) is 16.6 Å². The summed E-state index contributed by atoms with van der Waals surface area (Å²) in [4.78, 5) is 14.5. The largest absolute Gasteiger partial charge is 0.504 e. The van der Waals surface area contributed by atoms with E-state index in [0.29, 0.717) is 18.4 Å². The van der Waals surface area contributed by atoms with Gasteiger partial charge >= 0.3 is 0 Å². The Kier molecular flexibility index (Phi) is 3.11. The summed E-state index contributed by atoms with van der Waals surface area (Å²) in [7, 11) is 2.15. The first-order valence-electron chi connectivity index (χ1n) is 7.88. The first-order chi connectivity index (χ1) is 10.5.